The first-order valence-electron chi connectivity index (χ1n) is 4.31. The molecular weight excluding hydrogens is 216 g/mol. The second-order valence-electron chi connectivity index (χ2n) is 3.03. The summed E-state index contributed by atoms with van der Waals surface area (Å²) in [6.07, 6.45) is 0.664. The number of fused-ring (bicyclic) bond motifs is 1. The normalized spacial score (nSPS) is 10.5. The van der Waals surface area contributed by atoms with Gasteiger partial charge < -0.3 is 0 Å². The monoisotopic (exact) mass is 222 g/mol. The van der Waals surface area contributed by atoms with Crippen molar-refractivity contribution in [2.75, 3.05) is 0 Å². The fraction of sp³-hybridized carbons (Fsp3) is 0.100. The number of aldehydes is 1. The third kappa shape index (κ3) is 1.76. The molecule has 0 aliphatic heterocycles. The van der Waals surface area contributed by atoms with Crippen LogP contribution in [0.15, 0.2) is 24.3 Å². The van der Waals surface area contributed by atoms with Gasteiger partial charge in [0.15, 0.2) is 6.29 Å². The molecule has 0 saturated carbocycles. The van der Waals surface area contributed by atoms with Gasteiger partial charge >= 0.3 is 0 Å². The molecule has 2 rings (SSSR count). The lowest BCUT2D eigenvalue weighted by Gasteiger charge is -1.97. The van der Waals surface area contributed by atoms with E-state index < -0.39 is 5.24 Å². The Bertz CT molecular complexity index is 533. The molecule has 1 heterocycles. The number of rotatable bonds is 3. The molecule has 0 bridgehead atoms. The second kappa shape index (κ2) is 3.82. The largest absolute Gasteiger partial charge is 0.296 e. The smallest absolute Gasteiger partial charge is 0.243 e. The van der Waals surface area contributed by atoms with Crippen molar-refractivity contribution in [3.63, 3.8) is 0 Å². The van der Waals surface area contributed by atoms with Gasteiger partial charge in [0.05, 0.1) is 5.52 Å². The van der Waals surface area contributed by atoms with Crippen molar-refractivity contribution in [2.45, 2.75) is 6.54 Å². The van der Waals surface area contributed by atoms with E-state index in [0.29, 0.717) is 12.0 Å². The van der Waals surface area contributed by atoms with E-state index in [2.05, 4.69) is 5.10 Å². The van der Waals surface area contributed by atoms with E-state index in [4.69, 9.17) is 11.6 Å². The van der Waals surface area contributed by atoms with Crippen molar-refractivity contribution in [3.05, 3.63) is 30.0 Å². The quantitative estimate of drug-likeness (QED) is 0.586. The summed E-state index contributed by atoms with van der Waals surface area (Å²) < 4.78 is 1.42. The summed E-state index contributed by atoms with van der Waals surface area (Å²) in [7, 11) is 0. The van der Waals surface area contributed by atoms with Gasteiger partial charge in [0.2, 0.25) is 5.24 Å². The van der Waals surface area contributed by atoms with E-state index >= 15 is 0 Å². The van der Waals surface area contributed by atoms with Gasteiger partial charge in [-0.3, -0.25) is 14.3 Å². The minimum atomic E-state index is -0.513. The number of carbonyl (C=O) groups excluding carboxylic acids is 2. The summed E-state index contributed by atoms with van der Waals surface area (Å²) in [4.78, 5) is 21.5. The molecule has 76 valence electrons. The molecule has 0 aliphatic carbocycles. The summed E-state index contributed by atoms with van der Waals surface area (Å²) >= 11 is 5.28. The van der Waals surface area contributed by atoms with E-state index in [1.54, 1.807) is 12.1 Å². The molecule has 1 aromatic heterocycles. The van der Waals surface area contributed by atoms with Crippen LogP contribution in [0.2, 0.25) is 0 Å². The average Bonchev–Trinajstić information content (AvgIpc) is 2.56. The van der Waals surface area contributed by atoms with E-state index in [1.165, 1.54) is 4.68 Å². The second-order valence-corrected chi connectivity index (χ2v) is 3.45. The van der Waals surface area contributed by atoms with Crippen LogP contribution in [0.25, 0.3) is 10.9 Å². The van der Waals surface area contributed by atoms with Crippen molar-refractivity contribution in [1.82, 2.24) is 9.78 Å². The molecule has 0 N–H and O–H groups in total. The highest BCUT2D eigenvalue weighted by Gasteiger charge is 2.10. The molecular formula is C10H7ClN2O2. The van der Waals surface area contributed by atoms with E-state index in [9.17, 15) is 9.59 Å². The molecule has 0 unspecified atom stereocenters. The maximum Gasteiger partial charge on any atom is 0.243 e. The number of hydrogen-bond acceptors (Lipinski definition) is 3. The predicted octanol–water partition coefficient (Wildman–Crippen LogP) is 1.61. The topological polar surface area (TPSA) is 52.0 Å². The van der Waals surface area contributed by atoms with Gasteiger partial charge in [-0.15, -0.1) is 0 Å². The number of nitrogens with zero attached hydrogens (tertiary/aromatic N) is 2. The van der Waals surface area contributed by atoms with Crippen LogP contribution < -0.4 is 0 Å². The van der Waals surface area contributed by atoms with Crippen LogP contribution in [0.3, 0.4) is 0 Å². The first-order valence-corrected chi connectivity index (χ1v) is 4.69. The van der Waals surface area contributed by atoms with Crippen LogP contribution in [0.1, 0.15) is 10.5 Å². The standard InChI is InChI=1S/C10H7ClN2O2/c11-10(15)5-13-9-4-2-1-3-7(9)8(6-14)12-13/h1-4,6H,5H2. The number of halogens is 1. The van der Waals surface area contributed by atoms with E-state index in [-0.39, 0.29) is 6.54 Å². The highest BCUT2D eigenvalue weighted by Crippen LogP contribution is 2.16. The molecule has 0 saturated heterocycles. The Kier molecular flexibility index (Phi) is 2.51. The molecule has 1 aromatic carbocycles. The summed E-state index contributed by atoms with van der Waals surface area (Å²) in [5.74, 6) is 0. The van der Waals surface area contributed by atoms with Crippen LogP contribution in [-0.2, 0) is 11.3 Å². The fourth-order valence-electron chi connectivity index (χ4n) is 1.48. The third-order valence-corrected chi connectivity index (χ3v) is 2.19. The zero-order chi connectivity index (χ0) is 10.8. The fourth-order valence-corrected chi connectivity index (χ4v) is 1.59. The lowest BCUT2D eigenvalue weighted by Crippen LogP contribution is -2.06. The number of para-hydroxylation sites is 1. The van der Waals surface area contributed by atoms with Crippen molar-refractivity contribution in [2.24, 2.45) is 0 Å². The Balaban J connectivity index is 2.64. The van der Waals surface area contributed by atoms with Crippen molar-refractivity contribution >= 4 is 34.0 Å². The van der Waals surface area contributed by atoms with Crippen molar-refractivity contribution in [3.8, 4) is 0 Å². The molecule has 5 heteroatoms. The summed E-state index contributed by atoms with van der Waals surface area (Å²) in [5, 5.41) is 4.21. The Hall–Kier alpha value is -1.68. The third-order valence-electron chi connectivity index (χ3n) is 2.07. The Morgan fingerprint density at radius 3 is 2.87 bits per heavy atom. The molecule has 2 aromatic rings. The van der Waals surface area contributed by atoms with Gasteiger partial charge in [-0.25, -0.2) is 0 Å². The lowest BCUT2D eigenvalue weighted by molar-refractivity contribution is -0.112. The van der Waals surface area contributed by atoms with Crippen LogP contribution >= 0.6 is 11.6 Å². The minimum Gasteiger partial charge on any atom is -0.296 e. The molecule has 0 atom stereocenters. The lowest BCUT2D eigenvalue weighted by atomic mass is 10.2. The summed E-state index contributed by atoms with van der Waals surface area (Å²) in [6.45, 7) is -0.0318. The summed E-state index contributed by atoms with van der Waals surface area (Å²) in [6, 6.07) is 7.19. The SMILES string of the molecule is O=Cc1nn(CC(=O)Cl)c2ccccc12. The Labute approximate surface area is 90.4 Å². The highest BCUT2D eigenvalue weighted by molar-refractivity contribution is 6.63. The first-order chi connectivity index (χ1) is 7.22. The Morgan fingerprint density at radius 2 is 2.20 bits per heavy atom. The minimum absolute atomic E-state index is 0.0318. The first kappa shape index (κ1) is 9.86. The van der Waals surface area contributed by atoms with Crippen LogP contribution in [0.5, 0.6) is 0 Å². The van der Waals surface area contributed by atoms with Gasteiger partial charge in [0.1, 0.15) is 12.2 Å². The highest BCUT2D eigenvalue weighted by atomic mass is 35.5. The number of benzene rings is 1. The van der Waals surface area contributed by atoms with Gasteiger partial charge in [0.25, 0.3) is 0 Å². The maximum atomic E-state index is 10.8. The van der Waals surface area contributed by atoms with Crippen molar-refractivity contribution in [1.29, 1.82) is 0 Å². The molecule has 0 fully saturated rings. The molecule has 0 radical (unpaired) electrons. The predicted molar refractivity (Wildman–Crippen MR) is 56.0 cm³/mol. The van der Waals surface area contributed by atoms with Crippen LogP contribution in [-0.4, -0.2) is 21.3 Å². The molecule has 0 aliphatic rings. The zero-order valence-corrected chi connectivity index (χ0v) is 8.44. The molecule has 0 amide bonds. The zero-order valence-electron chi connectivity index (χ0n) is 7.68. The Morgan fingerprint density at radius 1 is 1.47 bits per heavy atom. The number of carbonyl (C=O) groups is 2. The van der Waals surface area contributed by atoms with E-state index in [1.807, 2.05) is 12.1 Å². The van der Waals surface area contributed by atoms with Crippen molar-refractivity contribution < 1.29 is 9.59 Å². The number of aromatic nitrogens is 2. The average molecular weight is 223 g/mol. The number of hydrogen-bond donors (Lipinski definition) is 0. The maximum absolute atomic E-state index is 10.8. The van der Waals surface area contributed by atoms with Gasteiger partial charge in [-0.1, -0.05) is 18.2 Å². The van der Waals surface area contributed by atoms with Crippen LogP contribution in [0, 0.1) is 0 Å². The van der Waals surface area contributed by atoms with Crippen LogP contribution in [0.4, 0.5) is 0 Å². The molecule has 15 heavy (non-hydrogen) atoms. The molecule has 4 nitrogen and oxygen atoms in total. The van der Waals surface area contributed by atoms with Gasteiger partial charge in [-0.2, -0.15) is 5.10 Å². The molecule has 0 spiro atoms. The van der Waals surface area contributed by atoms with E-state index in [0.717, 1.165) is 10.9 Å². The van der Waals surface area contributed by atoms with Gasteiger partial charge in [-0.05, 0) is 17.7 Å². The summed E-state index contributed by atoms with van der Waals surface area (Å²) in [5.41, 5.74) is 1.05. The van der Waals surface area contributed by atoms with Gasteiger partial charge in [0, 0.05) is 5.39 Å².